The fourth-order valence-corrected chi connectivity index (χ4v) is 4.63. The number of aromatic nitrogens is 2. The summed E-state index contributed by atoms with van der Waals surface area (Å²) in [6.07, 6.45) is 6.21. The van der Waals surface area contributed by atoms with Gasteiger partial charge in [-0.2, -0.15) is 0 Å². The highest BCUT2D eigenvalue weighted by Crippen LogP contribution is 2.32. The van der Waals surface area contributed by atoms with Crippen molar-refractivity contribution in [3.63, 3.8) is 0 Å². The summed E-state index contributed by atoms with van der Waals surface area (Å²) in [5, 5.41) is 13.0. The molecule has 0 radical (unpaired) electrons. The molecule has 0 saturated heterocycles. The number of nitrogens with zero attached hydrogens (tertiary/aromatic N) is 3. The van der Waals surface area contributed by atoms with Crippen LogP contribution in [-0.4, -0.2) is 52.4 Å². The Morgan fingerprint density at radius 1 is 1.09 bits per heavy atom. The molecule has 0 amide bonds. The van der Waals surface area contributed by atoms with Gasteiger partial charge in [-0.25, -0.2) is 4.98 Å². The summed E-state index contributed by atoms with van der Waals surface area (Å²) in [6.45, 7) is 2.73. The summed E-state index contributed by atoms with van der Waals surface area (Å²) in [5.74, 6) is 0.721. The molecule has 2 aromatic heterocycles. The van der Waals surface area contributed by atoms with Crippen molar-refractivity contribution in [2.75, 3.05) is 26.0 Å². The van der Waals surface area contributed by atoms with E-state index in [1.807, 2.05) is 36.4 Å². The predicted octanol–water partition coefficient (Wildman–Crippen LogP) is 4.52. The normalized spacial score (nSPS) is 18.8. The highest BCUT2D eigenvalue weighted by molar-refractivity contribution is 6.06. The molecule has 2 N–H and O–H groups in total. The summed E-state index contributed by atoms with van der Waals surface area (Å²) >= 11 is 0. The number of benzene rings is 1. The smallest absolute Gasteiger partial charge is 0.163 e. The van der Waals surface area contributed by atoms with Crippen LogP contribution in [0.1, 0.15) is 48.5 Å². The van der Waals surface area contributed by atoms with E-state index in [9.17, 15) is 9.90 Å². The minimum atomic E-state index is -0.0114. The summed E-state index contributed by atoms with van der Waals surface area (Å²) in [5.41, 5.74) is 5.55. The maximum absolute atomic E-state index is 12.4. The van der Waals surface area contributed by atoms with E-state index in [-0.39, 0.29) is 12.4 Å². The molecular formula is C26H32N4O2. The number of pyridine rings is 2. The Morgan fingerprint density at radius 2 is 1.81 bits per heavy atom. The van der Waals surface area contributed by atoms with E-state index >= 15 is 0 Å². The third-order valence-electron chi connectivity index (χ3n) is 6.34. The van der Waals surface area contributed by atoms with Gasteiger partial charge in [-0.3, -0.25) is 9.78 Å². The summed E-state index contributed by atoms with van der Waals surface area (Å²) in [6, 6.07) is 12.0. The Hall–Kier alpha value is -2.83. The van der Waals surface area contributed by atoms with Crippen LogP contribution in [0.2, 0.25) is 0 Å². The lowest BCUT2D eigenvalue weighted by atomic mass is 9.85. The van der Waals surface area contributed by atoms with Crippen molar-refractivity contribution in [1.82, 2.24) is 14.9 Å². The molecule has 0 unspecified atom stereocenters. The molecule has 1 fully saturated rings. The zero-order chi connectivity index (χ0) is 22.7. The van der Waals surface area contributed by atoms with Crippen LogP contribution in [0.4, 0.5) is 5.69 Å². The second-order valence-corrected chi connectivity index (χ2v) is 9.15. The second kappa shape index (κ2) is 9.76. The lowest BCUT2D eigenvalue weighted by molar-refractivity contribution is 0.101. The van der Waals surface area contributed by atoms with Gasteiger partial charge in [0, 0.05) is 24.3 Å². The molecule has 0 aliphatic heterocycles. The Labute approximate surface area is 189 Å². The topological polar surface area (TPSA) is 78.3 Å². The lowest BCUT2D eigenvalue weighted by Crippen LogP contribution is -2.31. The first-order chi connectivity index (χ1) is 15.4. The lowest BCUT2D eigenvalue weighted by Gasteiger charge is -2.31. The molecule has 32 heavy (non-hydrogen) atoms. The molecule has 1 aliphatic rings. The van der Waals surface area contributed by atoms with Gasteiger partial charge in [0.15, 0.2) is 5.78 Å². The van der Waals surface area contributed by atoms with Gasteiger partial charge in [-0.15, -0.1) is 0 Å². The quantitative estimate of drug-likeness (QED) is 0.534. The number of hydrogen-bond acceptors (Lipinski definition) is 6. The van der Waals surface area contributed by atoms with Gasteiger partial charge in [0.05, 0.1) is 29.1 Å². The first-order valence-corrected chi connectivity index (χ1v) is 11.4. The highest BCUT2D eigenvalue weighted by Gasteiger charge is 2.24. The van der Waals surface area contributed by atoms with E-state index in [1.165, 1.54) is 12.8 Å². The fourth-order valence-electron chi connectivity index (χ4n) is 4.63. The SMILES string of the molecule is CC(=O)c1cnc2ccc(-c3ccc(CO)cc3)nc2c1NC1CCC(CN(C)C)CC1. The van der Waals surface area contributed by atoms with Gasteiger partial charge < -0.3 is 15.3 Å². The Bertz CT molecular complexity index is 1090. The van der Waals surface area contributed by atoms with Crippen molar-refractivity contribution < 1.29 is 9.90 Å². The van der Waals surface area contributed by atoms with Gasteiger partial charge in [0.2, 0.25) is 0 Å². The van der Waals surface area contributed by atoms with Crippen molar-refractivity contribution in [3.05, 3.63) is 53.7 Å². The van der Waals surface area contributed by atoms with Crippen molar-refractivity contribution in [2.24, 2.45) is 5.92 Å². The number of rotatable bonds is 7. The molecule has 1 aromatic carbocycles. The average molecular weight is 433 g/mol. The zero-order valence-electron chi connectivity index (χ0n) is 19.1. The van der Waals surface area contributed by atoms with E-state index in [4.69, 9.17) is 4.98 Å². The van der Waals surface area contributed by atoms with Crippen LogP contribution >= 0.6 is 0 Å². The minimum absolute atomic E-state index is 0.0114. The zero-order valence-corrected chi connectivity index (χ0v) is 19.1. The summed E-state index contributed by atoms with van der Waals surface area (Å²) in [4.78, 5) is 24.1. The fraction of sp³-hybridized carbons (Fsp3) is 0.423. The second-order valence-electron chi connectivity index (χ2n) is 9.15. The minimum Gasteiger partial charge on any atom is -0.392 e. The number of fused-ring (bicyclic) bond motifs is 1. The van der Waals surface area contributed by atoms with Crippen LogP contribution in [0.3, 0.4) is 0 Å². The Morgan fingerprint density at radius 3 is 2.44 bits per heavy atom. The van der Waals surface area contributed by atoms with Crippen LogP contribution in [0.5, 0.6) is 0 Å². The summed E-state index contributed by atoms with van der Waals surface area (Å²) in [7, 11) is 4.26. The average Bonchev–Trinajstić information content (AvgIpc) is 2.79. The predicted molar refractivity (Wildman–Crippen MR) is 129 cm³/mol. The number of aliphatic hydroxyl groups is 1. The third-order valence-corrected chi connectivity index (χ3v) is 6.34. The van der Waals surface area contributed by atoms with Gasteiger partial charge in [-0.1, -0.05) is 24.3 Å². The van der Waals surface area contributed by atoms with Crippen LogP contribution < -0.4 is 5.32 Å². The highest BCUT2D eigenvalue weighted by atomic mass is 16.3. The van der Waals surface area contributed by atoms with E-state index in [1.54, 1.807) is 13.1 Å². The van der Waals surface area contributed by atoms with Crippen LogP contribution in [0.15, 0.2) is 42.6 Å². The molecule has 4 rings (SSSR count). The number of carbonyl (C=O) groups excluding carboxylic acids is 1. The first kappa shape index (κ1) is 22.4. The summed E-state index contributed by atoms with van der Waals surface area (Å²) < 4.78 is 0. The van der Waals surface area contributed by atoms with E-state index in [0.29, 0.717) is 11.6 Å². The largest absolute Gasteiger partial charge is 0.392 e. The number of nitrogens with one attached hydrogen (secondary N) is 1. The number of aliphatic hydroxyl groups excluding tert-OH is 1. The molecule has 1 aliphatic carbocycles. The van der Waals surface area contributed by atoms with Crippen LogP contribution in [-0.2, 0) is 6.61 Å². The Balaban J connectivity index is 1.66. The van der Waals surface area contributed by atoms with E-state index in [2.05, 4.69) is 29.3 Å². The van der Waals surface area contributed by atoms with Crippen LogP contribution in [0, 0.1) is 5.92 Å². The maximum atomic E-state index is 12.4. The number of anilines is 1. The van der Waals surface area contributed by atoms with Gasteiger partial charge >= 0.3 is 0 Å². The molecule has 0 atom stereocenters. The molecular weight excluding hydrogens is 400 g/mol. The van der Waals surface area contributed by atoms with Crippen LogP contribution in [0.25, 0.3) is 22.3 Å². The molecule has 6 nitrogen and oxygen atoms in total. The maximum Gasteiger partial charge on any atom is 0.163 e. The first-order valence-electron chi connectivity index (χ1n) is 11.4. The molecule has 2 heterocycles. The van der Waals surface area contributed by atoms with Crippen molar-refractivity contribution >= 4 is 22.5 Å². The molecule has 0 bridgehead atoms. The van der Waals surface area contributed by atoms with Gasteiger partial charge in [0.1, 0.15) is 5.52 Å². The monoisotopic (exact) mass is 432 g/mol. The Kier molecular flexibility index (Phi) is 6.82. The van der Waals surface area contributed by atoms with E-state index in [0.717, 1.165) is 58.8 Å². The molecule has 3 aromatic rings. The molecule has 1 saturated carbocycles. The molecule has 6 heteroatoms. The standard InChI is InChI=1S/C26H32N4O2/c1-17(32)22-14-27-24-13-12-23(20-8-4-19(16-31)5-9-20)29-26(24)25(22)28-21-10-6-18(7-11-21)15-30(2)3/h4-5,8-9,12-14,18,21,31H,6-7,10-11,15-16H2,1-3H3,(H,27,28). The van der Waals surface area contributed by atoms with Crippen molar-refractivity contribution in [3.8, 4) is 11.3 Å². The number of ketones is 1. The number of carbonyl (C=O) groups is 1. The van der Waals surface area contributed by atoms with Gasteiger partial charge in [0.25, 0.3) is 0 Å². The van der Waals surface area contributed by atoms with Gasteiger partial charge in [-0.05, 0) is 70.3 Å². The molecule has 0 spiro atoms. The van der Waals surface area contributed by atoms with E-state index < -0.39 is 0 Å². The van der Waals surface area contributed by atoms with Crippen molar-refractivity contribution in [1.29, 1.82) is 0 Å². The number of hydrogen-bond donors (Lipinski definition) is 2. The third kappa shape index (κ3) is 4.97. The molecule has 168 valence electrons. The number of Topliss-reactive ketones (excluding diaryl/α,β-unsaturated/α-hetero) is 1. The van der Waals surface area contributed by atoms with Crippen molar-refractivity contribution in [2.45, 2.75) is 45.3 Å².